The number of nitrogens with one attached hydrogen (secondary N) is 2. The van der Waals surface area contributed by atoms with Crippen LogP contribution in [0.3, 0.4) is 0 Å². The molecule has 0 saturated carbocycles. The van der Waals surface area contributed by atoms with Gasteiger partial charge in [-0.3, -0.25) is 14.4 Å². The van der Waals surface area contributed by atoms with Crippen LogP contribution in [0.4, 0.5) is 10.8 Å². The van der Waals surface area contributed by atoms with Crippen LogP contribution in [0.15, 0.2) is 42.5 Å². The molecule has 1 amide bonds. The highest BCUT2D eigenvalue weighted by atomic mass is 35.5. The number of rotatable bonds is 9. The van der Waals surface area contributed by atoms with Crippen molar-refractivity contribution in [3.8, 4) is 11.3 Å². The molecule has 7 nitrogen and oxygen atoms in total. The number of nitrogens with zero attached hydrogens (tertiary/aromatic N) is 2. The van der Waals surface area contributed by atoms with Crippen molar-refractivity contribution in [1.29, 1.82) is 0 Å². The van der Waals surface area contributed by atoms with Gasteiger partial charge < -0.3 is 5.32 Å². The van der Waals surface area contributed by atoms with Gasteiger partial charge in [-0.2, -0.15) is 16.9 Å². The molecule has 30 heavy (non-hydrogen) atoms. The number of benzene rings is 1. The second kappa shape index (κ2) is 10.7. The van der Waals surface area contributed by atoms with Crippen molar-refractivity contribution in [1.82, 2.24) is 10.2 Å². The van der Waals surface area contributed by atoms with E-state index < -0.39 is 23.2 Å². The monoisotopic (exact) mass is 504 g/mol. The Balaban J connectivity index is 1.84. The molecule has 1 aromatic carbocycles. The second-order valence-corrected chi connectivity index (χ2v) is 9.96. The van der Waals surface area contributed by atoms with Gasteiger partial charge in [0.05, 0.1) is 10.7 Å². The summed E-state index contributed by atoms with van der Waals surface area (Å²) in [6.07, 6.45) is 2.23. The average molecular weight is 505 g/mol. The molecule has 2 aromatic heterocycles. The summed E-state index contributed by atoms with van der Waals surface area (Å²) in [5.41, 5.74) is 1.66. The van der Waals surface area contributed by atoms with E-state index in [9.17, 15) is 13.6 Å². The minimum Gasteiger partial charge on any atom is -0.307 e. The van der Waals surface area contributed by atoms with Crippen LogP contribution in [-0.2, 0) is 16.1 Å². The molecule has 2 atom stereocenters. The summed E-state index contributed by atoms with van der Waals surface area (Å²) in [6.45, 7) is 0. The molecule has 12 heteroatoms. The zero-order valence-electron chi connectivity index (χ0n) is 15.7. The van der Waals surface area contributed by atoms with Crippen LogP contribution < -0.4 is 9.62 Å². The number of anilines is 2. The normalized spacial score (nSPS) is 13.1. The van der Waals surface area contributed by atoms with Gasteiger partial charge in [0.1, 0.15) is 15.4 Å². The molecular formula is C18H18Cl2N4O3S3. The number of hydrogen-bond donors (Lipinski definition) is 3. The molecule has 0 fully saturated rings. The summed E-state index contributed by atoms with van der Waals surface area (Å²) in [6, 6.07) is 11.8. The fraction of sp³-hybridized carbons (Fsp3) is 0.222. The third-order valence-corrected chi connectivity index (χ3v) is 7.52. The Morgan fingerprint density at radius 1 is 1.37 bits per heavy atom. The molecule has 2 unspecified atom stereocenters. The number of carbonyl (C=O) groups excluding carboxylic acids is 1. The highest BCUT2D eigenvalue weighted by Gasteiger charge is 2.32. The average Bonchev–Trinajstić information content (AvgIpc) is 3.31. The van der Waals surface area contributed by atoms with Gasteiger partial charge in [-0.15, -0.1) is 11.3 Å². The van der Waals surface area contributed by atoms with Crippen LogP contribution in [0.1, 0.15) is 6.42 Å². The van der Waals surface area contributed by atoms with Crippen LogP contribution in [-0.4, -0.2) is 42.9 Å². The van der Waals surface area contributed by atoms with Crippen molar-refractivity contribution in [2.75, 3.05) is 21.6 Å². The van der Waals surface area contributed by atoms with Crippen LogP contribution in [0, 0.1) is 0 Å². The van der Waals surface area contributed by atoms with E-state index in [0.717, 1.165) is 26.9 Å². The van der Waals surface area contributed by atoms with E-state index in [0.29, 0.717) is 23.0 Å². The second-order valence-electron chi connectivity index (χ2n) is 6.08. The van der Waals surface area contributed by atoms with E-state index in [2.05, 4.69) is 15.5 Å². The molecule has 0 saturated heterocycles. The first-order valence-electron chi connectivity index (χ1n) is 8.66. The van der Waals surface area contributed by atoms with Gasteiger partial charge in [-0.05, 0) is 30.1 Å². The summed E-state index contributed by atoms with van der Waals surface area (Å²) in [4.78, 5) is 13.1. The van der Waals surface area contributed by atoms with E-state index in [-0.39, 0.29) is 9.36 Å². The Morgan fingerprint density at radius 3 is 2.70 bits per heavy atom. The van der Waals surface area contributed by atoms with Gasteiger partial charge in [0.15, 0.2) is 5.82 Å². The van der Waals surface area contributed by atoms with Crippen molar-refractivity contribution in [2.45, 2.75) is 12.5 Å². The molecule has 2 heterocycles. The number of H-pyrrole nitrogens is 1. The number of amides is 1. The Hall–Kier alpha value is -1.56. The predicted octanol–water partition coefficient (Wildman–Crippen LogP) is 5.15. The molecule has 0 aliphatic heterocycles. The Bertz CT molecular complexity index is 1010. The van der Waals surface area contributed by atoms with Crippen molar-refractivity contribution >= 4 is 74.3 Å². The molecule has 3 N–H and O–H groups in total. The van der Waals surface area contributed by atoms with Gasteiger partial charge in [-0.1, -0.05) is 53.5 Å². The fourth-order valence-electron chi connectivity index (χ4n) is 2.73. The number of halogens is 2. The van der Waals surface area contributed by atoms with Crippen molar-refractivity contribution in [3.05, 3.63) is 51.8 Å². The molecule has 3 rings (SSSR count). The van der Waals surface area contributed by atoms with Gasteiger partial charge in [0.2, 0.25) is 5.91 Å². The molecule has 0 spiro atoms. The van der Waals surface area contributed by atoms with Crippen LogP contribution in [0.5, 0.6) is 0 Å². The standard InChI is InChI=1S/C18H18Cl2N4O3S3/c1-28-8-7-14(24(30(26)27)16-9-12(19)17(20)29-16)18(25)21-15-10-13(22-23-15)11-5-3-2-4-6-11/h2-6,9-10,14H,7-8H2,1H3,(H,26,27)(H2,21,22,23,25). The highest BCUT2D eigenvalue weighted by molar-refractivity contribution is 7.98. The van der Waals surface area contributed by atoms with Crippen molar-refractivity contribution < 1.29 is 13.6 Å². The van der Waals surface area contributed by atoms with Gasteiger partial charge in [-0.25, -0.2) is 8.51 Å². The van der Waals surface area contributed by atoms with Crippen LogP contribution >= 0.6 is 46.3 Å². The minimum absolute atomic E-state index is 0.260. The van der Waals surface area contributed by atoms with Gasteiger partial charge in [0, 0.05) is 6.07 Å². The third kappa shape index (κ3) is 5.57. The van der Waals surface area contributed by atoms with E-state index in [1.165, 1.54) is 17.8 Å². The summed E-state index contributed by atoms with van der Waals surface area (Å²) in [5.74, 6) is 0.464. The molecule has 0 aliphatic rings. The number of aromatic amines is 1. The topological polar surface area (TPSA) is 98.3 Å². The SMILES string of the molecule is CSCCC(C(=O)Nc1cc(-c2ccccc2)[nH]n1)N(c1cc(Cl)c(Cl)s1)S(=O)O. The number of thiophene rings is 1. The zero-order valence-corrected chi connectivity index (χ0v) is 19.6. The highest BCUT2D eigenvalue weighted by Crippen LogP contribution is 2.39. The number of carbonyl (C=O) groups is 1. The molecule has 0 bridgehead atoms. The summed E-state index contributed by atoms with van der Waals surface area (Å²) >= 11 is 12.1. The van der Waals surface area contributed by atoms with Crippen molar-refractivity contribution in [3.63, 3.8) is 0 Å². The van der Waals surface area contributed by atoms with Crippen molar-refractivity contribution in [2.24, 2.45) is 0 Å². The predicted molar refractivity (Wildman–Crippen MR) is 127 cm³/mol. The van der Waals surface area contributed by atoms with E-state index in [1.54, 1.807) is 6.07 Å². The smallest absolute Gasteiger partial charge is 0.263 e. The lowest BCUT2D eigenvalue weighted by molar-refractivity contribution is -0.117. The largest absolute Gasteiger partial charge is 0.307 e. The summed E-state index contributed by atoms with van der Waals surface area (Å²) in [7, 11) is 0. The Kier molecular flexibility index (Phi) is 8.20. The number of aromatic nitrogens is 2. The lowest BCUT2D eigenvalue weighted by Crippen LogP contribution is -2.45. The fourth-order valence-corrected chi connectivity index (χ4v) is 5.43. The Labute approximate surface area is 194 Å². The van der Waals surface area contributed by atoms with Gasteiger partial charge >= 0.3 is 0 Å². The third-order valence-electron chi connectivity index (χ3n) is 4.11. The van der Waals surface area contributed by atoms with E-state index in [4.69, 9.17) is 23.2 Å². The first kappa shape index (κ1) is 23.1. The lowest BCUT2D eigenvalue weighted by Gasteiger charge is -2.27. The first-order chi connectivity index (χ1) is 14.4. The van der Waals surface area contributed by atoms with Crippen LogP contribution in [0.2, 0.25) is 9.36 Å². The minimum atomic E-state index is -2.46. The lowest BCUT2D eigenvalue weighted by atomic mass is 10.1. The zero-order chi connectivity index (χ0) is 21.7. The molecule has 3 aromatic rings. The number of thioether (sulfide) groups is 1. The maximum atomic E-state index is 13.1. The maximum Gasteiger partial charge on any atom is 0.263 e. The van der Waals surface area contributed by atoms with E-state index in [1.807, 2.05) is 36.6 Å². The molecular weight excluding hydrogens is 487 g/mol. The van der Waals surface area contributed by atoms with Gasteiger partial charge in [0.25, 0.3) is 11.3 Å². The summed E-state index contributed by atoms with van der Waals surface area (Å²) < 4.78 is 23.4. The summed E-state index contributed by atoms with van der Waals surface area (Å²) in [5, 5.41) is 10.3. The molecule has 160 valence electrons. The van der Waals surface area contributed by atoms with E-state index >= 15 is 0 Å². The maximum absolute atomic E-state index is 13.1. The number of hydrogen-bond acceptors (Lipinski definition) is 5. The molecule has 0 radical (unpaired) electrons. The quantitative estimate of drug-likeness (QED) is 0.350. The molecule has 0 aliphatic carbocycles. The first-order valence-corrected chi connectivity index (χ1v) is 12.7. The Morgan fingerprint density at radius 2 is 2.10 bits per heavy atom. The van der Waals surface area contributed by atoms with Crippen LogP contribution in [0.25, 0.3) is 11.3 Å².